The number of hydrogen-bond acceptors (Lipinski definition) is 7. The van der Waals surface area contributed by atoms with E-state index in [-0.39, 0.29) is 31.0 Å². The molecule has 9 nitrogen and oxygen atoms in total. The van der Waals surface area contributed by atoms with Crippen LogP contribution in [0.1, 0.15) is 0 Å². The van der Waals surface area contributed by atoms with Gasteiger partial charge in [-0.15, -0.1) is 0 Å². The summed E-state index contributed by atoms with van der Waals surface area (Å²) in [4.78, 5) is 28.6. The van der Waals surface area contributed by atoms with Crippen LogP contribution in [0.5, 0.6) is 11.5 Å². The Morgan fingerprint density at radius 1 is 1.00 bits per heavy atom. The molecule has 0 spiro atoms. The number of rotatable bonds is 8. The fourth-order valence-corrected chi connectivity index (χ4v) is 3.77. The van der Waals surface area contributed by atoms with E-state index < -0.39 is 0 Å². The summed E-state index contributed by atoms with van der Waals surface area (Å²) >= 11 is 0. The van der Waals surface area contributed by atoms with Gasteiger partial charge in [0, 0.05) is 24.5 Å². The Bertz CT molecular complexity index is 946. The molecule has 2 aromatic carbocycles. The van der Waals surface area contributed by atoms with Gasteiger partial charge >= 0.3 is 0 Å². The molecule has 2 aliphatic rings. The minimum absolute atomic E-state index is 0.105. The third-order valence-electron chi connectivity index (χ3n) is 5.45. The van der Waals surface area contributed by atoms with E-state index in [4.69, 9.17) is 14.2 Å². The number of nitrogens with one attached hydrogen (secondary N) is 2. The van der Waals surface area contributed by atoms with Crippen LogP contribution >= 0.6 is 0 Å². The zero-order chi connectivity index (χ0) is 23.0. The van der Waals surface area contributed by atoms with Crippen LogP contribution in [0.3, 0.4) is 0 Å². The van der Waals surface area contributed by atoms with Crippen LogP contribution < -0.4 is 25.0 Å². The van der Waals surface area contributed by atoms with Gasteiger partial charge in [-0.1, -0.05) is 12.1 Å². The first-order valence-electron chi connectivity index (χ1n) is 11.1. The first-order valence-corrected chi connectivity index (χ1v) is 11.1. The normalized spacial score (nSPS) is 17.5. The summed E-state index contributed by atoms with van der Waals surface area (Å²) < 4.78 is 16.9. The molecule has 2 heterocycles. The van der Waals surface area contributed by atoms with Crippen molar-refractivity contribution in [2.75, 3.05) is 69.8 Å². The third kappa shape index (κ3) is 6.59. The molecule has 2 amide bonds. The molecule has 0 aliphatic carbocycles. The molecule has 1 fully saturated rings. The Kier molecular flexibility index (Phi) is 7.64. The van der Waals surface area contributed by atoms with Crippen molar-refractivity contribution in [3.05, 3.63) is 48.5 Å². The van der Waals surface area contributed by atoms with E-state index in [0.29, 0.717) is 24.7 Å². The summed E-state index contributed by atoms with van der Waals surface area (Å²) in [5.74, 6) is 1.03. The highest BCUT2D eigenvalue weighted by atomic mass is 16.6. The zero-order valence-electron chi connectivity index (χ0n) is 18.8. The number of likely N-dealkylation sites (N-methyl/N-ethyl adjacent to an activating group) is 1. The number of anilines is 2. The van der Waals surface area contributed by atoms with Crippen LogP contribution in [-0.4, -0.2) is 82.4 Å². The summed E-state index contributed by atoms with van der Waals surface area (Å²) in [5, 5.41) is 5.72. The van der Waals surface area contributed by atoms with E-state index in [1.54, 1.807) is 11.9 Å². The number of nitrogens with zero attached hydrogens (tertiary/aromatic N) is 2. The lowest BCUT2D eigenvalue weighted by atomic mass is 10.2. The first-order chi connectivity index (χ1) is 16.1. The SMILES string of the molecule is CN(CC(=O)NCC1COc2ccccc2O1)CC(=O)Nc1ccc(N2CCOCC2)cc1. The molecule has 2 N–H and O–H groups in total. The van der Waals surface area contributed by atoms with Gasteiger partial charge in [0.15, 0.2) is 11.5 Å². The molecule has 0 saturated carbocycles. The average Bonchev–Trinajstić information content (AvgIpc) is 2.83. The number of ether oxygens (including phenoxy) is 3. The van der Waals surface area contributed by atoms with Gasteiger partial charge in [0.2, 0.25) is 11.8 Å². The minimum atomic E-state index is -0.252. The largest absolute Gasteiger partial charge is 0.486 e. The molecule has 33 heavy (non-hydrogen) atoms. The van der Waals surface area contributed by atoms with Crippen molar-refractivity contribution >= 4 is 23.2 Å². The van der Waals surface area contributed by atoms with Gasteiger partial charge in [-0.2, -0.15) is 0 Å². The van der Waals surface area contributed by atoms with Gasteiger partial charge in [-0.3, -0.25) is 14.5 Å². The van der Waals surface area contributed by atoms with E-state index in [1.807, 2.05) is 48.5 Å². The number of fused-ring (bicyclic) bond motifs is 1. The molecule has 9 heteroatoms. The molecule has 0 aromatic heterocycles. The van der Waals surface area contributed by atoms with Crippen LogP contribution in [0.15, 0.2) is 48.5 Å². The molecule has 2 aromatic rings. The minimum Gasteiger partial charge on any atom is -0.486 e. The van der Waals surface area contributed by atoms with Crippen molar-refractivity contribution in [3.63, 3.8) is 0 Å². The Labute approximate surface area is 193 Å². The van der Waals surface area contributed by atoms with Crippen LogP contribution in [0.2, 0.25) is 0 Å². The first kappa shape index (κ1) is 22.9. The Morgan fingerprint density at radius 2 is 1.70 bits per heavy atom. The third-order valence-corrected chi connectivity index (χ3v) is 5.45. The molecular weight excluding hydrogens is 424 g/mol. The average molecular weight is 455 g/mol. The lowest BCUT2D eigenvalue weighted by Crippen LogP contribution is -2.44. The van der Waals surface area contributed by atoms with Gasteiger partial charge < -0.3 is 29.7 Å². The lowest BCUT2D eigenvalue weighted by molar-refractivity contribution is -0.123. The second-order valence-electron chi connectivity index (χ2n) is 8.17. The van der Waals surface area contributed by atoms with Gasteiger partial charge in [0.1, 0.15) is 12.7 Å². The van der Waals surface area contributed by atoms with E-state index in [1.165, 1.54) is 0 Å². The maximum absolute atomic E-state index is 12.4. The molecule has 1 unspecified atom stereocenters. The molecule has 1 atom stereocenters. The van der Waals surface area contributed by atoms with E-state index in [2.05, 4.69) is 15.5 Å². The number of carbonyl (C=O) groups excluding carboxylic acids is 2. The summed E-state index contributed by atoms with van der Waals surface area (Å²) in [7, 11) is 1.73. The van der Waals surface area contributed by atoms with Crippen LogP contribution in [-0.2, 0) is 14.3 Å². The number of carbonyl (C=O) groups is 2. The van der Waals surface area contributed by atoms with Crippen LogP contribution in [0.25, 0.3) is 0 Å². The summed E-state index contributed by atoms with van der Waals surface area (Å²) in [6.07, 6.45) is -0.252. The fourth-order valence-electron chi connectivity index (χ4n) is 3.77. The monoisotopic (exact) mass is 454 g/mol. The van der Waals surface area contributed by atoms with Crippen molar-refractivity contribution in [2.24, 2.45) is 0 Å². The Balaban J connectivity index is 1.16. The van der Waals surface area contributed by atoms with Crippen molar-refractivity contribution in [1.82, 2.24) is 10.2 Å². The Hall–Kier alpha value is -3.30. The number of amides is 2. The number of hydrogen-bond donors (Lipinski definition) is 2. The summed E-state index contributed by atoms with van der Waals surface area (Å²) in [5.41, 5.74) is 1.84. The quantitative estimate of drug-likeness (QED) is 0.622. The van der Waals surface area contributed by atoms with Crippen molar-refractivity contribution in [1.29, 1.82) is 0 Å². The standard InChI is InChI=1S/C24H30N4O5/c1-27(15-23(29)25-14-20-17-32-21-4-2-3-5-22(21)33-20)16-24(30)26-18-6-8-19(9-7-18)28-10-12-31-13-11-28/h2-9,20H,10-17H2,1H3,(H,25,29)(H,26,30). The van der Waals surface area contributed by atoms with E-state index in [9.17, 15) is 9.59 Å². The molecule has 0 bridgehead atoms. The van der Waals surface area contributed by atoms with Crippen LogP contribution in [0.4, 0.5) is 11.4 Å². The van der Waals surface area contributed by atoms with Gasteiger partial charge in [0.25, 0.3) is 0 Å². The van der Waals surface area contributed by atoms with Crippen molar-refractivity contribution in [2.45, 2.75) is 6.10 Å². The molecule has 176 valence electrons. The Morgan fingerprint density at radius 3 is 2.45 bits per heavy atom. The topological polar surface area (TPSA) is 92.4 Å². The van der Waals surface area contributed by atoms with E-state index >= 15 is 0 Å². The number of benzene rings is 2. The highest BCUT2D eigenvalue weighted by Crippen LogP contribution is 2.30. The van der Waals surface area contributed by atoms with Crippen molar-refractivity contribution < 1.29 is 23.8 Å². The maximum Gasteiger partial charge on any atom is 0.238 e. The second-order valence-corrected chi connectivity index (χ2v) is 8.17. The highest BCUT2D eigenvalue weighted by molar-refractivity contribution is 5.92. The van der Waals surface area contributed by atoms with Crippen molar-refractivity contribution in [3.8, 4) is 11.5 Å². The molecule has 0 radical (unpaired) electrons. The van der Waals surface area contributed by atoms with E-state index in [0.717, 1.165) is 37.7 Å². The highest BCUT2D eigenvalue weighted by Gasteiger charge is 2.21. The summed E-state index contributed by atoms with van der Waals surface area (Å²) in [6.45, 7) is 4.12. The fraction of sp³-hybridized carbons (Fsp3) is 0.417. The number of morpholine rings is 1. The molecule has 1 saturated heterocycles. The van der Waals surface area contributed by atoms with Gasteiger partial charge in [-0.05, 0) is 43.4 Å². The lowest BCUT2D eigenvalue weighted by Gasteiger charge is -2.28. The zero-order valence-corrected chi connectivity index (χ0v) is 18.8. The van der Waals surface area contributed by atoms with Gasteiger partial charge in [-0.25, -0.2) is 0 Å². The number of para-hydroxylation sites is 2. The predicted octanol–water partition coefficient (Wildman–Crippen LogP) is 1.35. The maximum atomic E-state index is 12.4. The molecular formula is C24H30N4O5. The smallest absolute Gasteiger partial charge is 0.238 e. The molecule has 2 aliphatic heterocycles. The molecule has 4 rings (SSSR count). The predicted molar refractivity (Wildman–Crippen MR) is 125 cm³/mol. The second kappa shape index (κ2) is 11.0. The summed E-state index contributed by atoms with van der Waals surface area (Å²) in [6, 6.07) is 15.2. The van der Waals surface area contributed by atoms with Gasteiger partial charge in [0.05, 0.1) is 32.8 Å². The van der Waals surface area contributed by atoms with Crippen LogP contribution in [0, 0.1) is 0 Å².